The Hall–Kier alpha value is -5.27. The number of alkyl halides is 1. The number of benzene rings is 5. The highest BCUT2D eigenvalue weighted by atomic mass is 19.2. The van der Waals surface area contributed by atoms with Gasteiger partial charge in [-0.05, 0) is 11.5 Å². The highest BCUT2D eigenvalue weighted by Crippen LogP contribution is 2.53. The van der Waals surface area contributed by atoms with E-state index in [2.05, 4.69) is 4.65 Å². The quantitative estimate of drug-likeness (QED) is 0.0747. The van der Waals surface area contributed by atoms with Crippen molar-refractivity contribution >= 4 is 29.2 Å². The largest absolute Gasteiger partial charge is 0.569 e. The monoisotopic (exact) mass is 744 g/mol. The summed E-state index contributed by atoms with van der Waals surface area (Å²) in [5.41, 5.74) is -12.8. The van der Waals surface area contributed by atoms with Crippen LogP contribution in [0.4, 0.5) is 74.6 Å². The molecule has 0 fully saturated rings. The van der Waals surface area contributed by atoms with E-state index in [1.54, 1.807) is 0 Å². The molecule has 0 bridgehead atoms. The predicted molar refractivity (Wildman–Crippen MR) is 141 cm³/mol. The summed E-state index contributed by atoms with van der Waals surface area (Å²) in [5, 5.41) is -0.590. The lowest BCUT2D eigenvalue weighted by Gasteiger charge is -2.28. The van der Waals surface area contributed by atoms with E-state index in [1.807, 2.05) is 0 Å². The maximum atomic E-state index is 16.6. The third-order valence-electron chi connectivity index (χ3n) is 7.61. The van der Waals surface area contributed by atoms with Gasteiger partial charge < -0.3 is 9.31 Å². The van der Waals surface area contributed by atoms with Gasteiger partial charge in [0.25, 0.3) is 5.85 Å². The first-order valence-corrected chi connectivity index (χ1v) is 13.4. The summed E-state index contributed by atoms with van der Waals surface area (Å²) in [6.45, 7) is 0. The number of hydrogen-bond donors (Lipinski definition) is 0. The van der Waals surface area contributed by atoms with Crippen LogP contribution in [-0.4, -0.2) is 7.12 Å². The van der Waals surface area contributed by atoms with Gasteiger partial charge in [-0.25, -0.2) is 70.2 Å². The van der Waals surface area contributed by atoms with E-state index in [0.717, 1.165) is 18.2 Å². The molecular weight excluding hydrogens is 738 g/mol. The Morgan fingerprint density at radius 3 is 1.53 bits per heavy atom. The van der Waals surface area contributed by atoms with Gasteiger partial charge in [0, 0.05) is 16.4 Å². The minimum Gasteiger partial charge on any atom is -0.530 e. The van der Waals surface area contributed by atoms with Crippen LogP contribution in [-0.2, 0) is 10.5 Å². The van der Waals surface area contributed by atoms with Crippen LogP contribution in [0, 0.1) is 81.4 Å². The van der Waals surface area contributed by atoms with Crippen LogP contribution in [0.3, 0.4) is 0 Å². The van der Waals surface area contributed by atoms with Crippen molar-refractivity contribution in [1.29, 1.82) is 0 Å². The predicted octanol–water partition coefficient (Wildman–Crippen LogP) is 9.69. The Labute approximate surface area is 271 Å². The van der Waals surface area contributed by atoms with Crippen LogP contribution in [0.15, 0.2) is 42.2 Å². The molecule has 0 radical (unpaired) electrons. The molecule has 0 aliphatic heterocycles. The summed E-state index contributed by atoms with van der Waals surface area (Å²) in [5.74, 6) is -53.3. The molecule has 0 spiro atoms. The first-order chi connectivity index (χ1) is 23.9. The first kappa shape index (κ1) is 35.6. The van der Waals surface area contributed by atoms with Crippen molar-refractivity contribution in [2.24, 2.45) is 0 Å². The smallest absolute Gasteiger partial charge is 0.530 e. The fraction of sp³-hybridized carbons (Fsp3) is 0.0323. The van der Waals surface area contributed by atoms with Gasteiger partial charge in [-0.2, -0.15) is 4.39 Å². The van der Waals surface area contributed by atoms with Crippen molar-refractivity contribution in [3.05, 3.63) is 135 Å². The Bertz CT molecular complexity index is 2350. The zero-order valence-corrected chi connectivity index (χ0v) is 23.8. The molecule has 0 saturated carbocycles. The number of halogens is 17. The minimum absolute atomic E-state index is 0.0754. The molecule has 5 aromatic rings. The van der Waals surface area contributed by atoms with Gasteiger partial charge in [0.1, 0.15) is 5.75 Å². The summed E-state index contributed by atoms with van der Waals surface area (Å²) in [7, 11) is -3.93. The summed E-state index contributed by atoms with van der Waals surface area (Å²) in [6, 6.07) is 6.07. The van der Waals surface area contributed by atoms with Crippen LogP contribution >= 0.6 is 0 Å². The van der Waals surface area contributed by atoms with Crippen molar-refractivity contribution in [2.75, 3.05) is 0 Å². The van der Waals surface area contributed by atoms with Gasteiger partial charge in [-0.1, -0.05) is 30.3 Å². The van der Waals surface area contributed by atoms with E-state index < -0.39 is 145 Å². The molecule has 264 valence electrons. The standard InChI is InChI=1S/C31H6BF17O2/c33-9-6-5-7-3-1-2-4-8(7)29(9)50-32(51-31(49)13-12(19(38)30(31)48)18(37)25(44)26(45)20(13)39)14-10(15(34)22(41)27(46)21(14)40)11-16(35)23(42)28(47)24(43)17(11)36/h1-6H. The molecule has 2 nitrogen and oxygen atoms in total. The fourth-order valence-electron chi connectivity index (χ4n) is 5.28. The second kappa shape index (κ2) is 12.2. The third kappa shape index (κ3) is 5.01. The Kier molecular flexibility index (Phi) is 8.51. The Balaban J connectivity index is 1.74. The minimum atomic E-state index is -5.30. The van der Waals surface area contributed by atoms with Crippen molar-refractivity contribution in [3.8, 4) is 16.9 Å². The van der Waals surface area contributed by atoms with Crippen LogP contribution in [0.2, 0.25) is 0 Å². The van der Waals surface area contributed by atoms with E-state index in [0.29, 0.717) is 6.07 Å². The normalized spacial score (nSPS) is 15.6. The lowest BCUT2D eigenvalue weighted by Crippen LogP contribution is -2.49. The van der Waals surface area contributed by atoms with Crippen LogP contribution in [0.1, 0.15) is 11.1 Å². The summed E-state index contributed by atoms with van der Waals surface area (Å²) in [6.07, 6.45) is 0. The van der Waals surface area contributed by atoms with Gasteiger partial charge in [0.05, 0.1) is 16.7 Å². The summed E-state index contributed by atoms with van der Waals surface area (Å²) < 4.78 is 262. The molecule has 0 N–H and O–H groups in total. The maximum Gasteiger partial charge on any atom is 0.569 e. The molecular formula is C31H6BF17O2. The summed E-state index contributed by atoms with van der Waals surface area (Å²) >= 11 is 0. The van der Waals surface area contributed by atoms with E-state index in [-0.39, 0.29) is 5.39 Å². The van der Waals surface area contributed by atoms with Crippen molar-refractivity contribution in [3.63, 3.8) is 0 Å². The highest BCUT2D eigenvalue weighted by Gasteiger charge is 2.58. The topological polar surface area (TPSA) is 18.5 Å². The van der Waals surface area contributed by atoms with Crippen molar-refractivity contribution < 1.29 is 83.9 Å². The average molecular weight is 744 g/mol. The molecule has 6 rings (SSSR count). The molecule has 5 aromatic carbocycles. The molecule has 0 amide bonds. The maximum absolute atomic E-state index is 16.6. The fourth-order valence-corrected chi connectivity index (χ4v) is 5.28. The number of fused-ring (bicyclic) bond motifs is 2. The number of rotatable bonds is 6. The van der Waals surface area contributed by atoms with Crippen LogP contribution < -0.4 is 10.1 Å². The molecule has 0 heterocycles. The van der Waals surface area contributed by atoms with Gasteiger partial charge in [-0.3, -0.25) is 0 Å². The lowest BCUT2D eigenvalue weighted by molar-refractivity contribution is -0.0620. The van der Waals surface area contributed by atoms with E-state index >= 15 is 30.7 Å². The molecule has 1 unspecified atom stereocenters. The van der Waals surface area contributed by atoms with Gasteiger partial charge in [-0.15, -0.1) is 0 Å². The Morgan fingerprint density at radius 1 is 0.471 bits per heavy atom. The van der Waals surface area contributed by atoms with Gasteiger partial charge in [0.2, 0.25) is 11.6 Å². The molecule has 1 atom stereocenters. The molecule has 1 aliphatic rings. The second-order valence-electron chi connectivity index (χ2n) is 10.4. The number of hydrogen-bond acceptors (Lipinski definition) is 2. The molecule has 0 saturated heterocycles. The molecule has 51 heavy (non-hydrogen) atoms. The summed E-state index contributed by atoms with van der Waals surface area (Å²) in [4.78, 5) is 0. The Morgan fingerprint density at radius 2 is 0.941 bits per heavy atom. The van der Waals surface area contributed by atoms with Crippen molar-refractivity contribution in [1.82, 2.24) is 0 Å². The van der Waals surface area contributed by atoms with Crippen LogP contribution in [0.25, 0.3) is 27.7 Å². The molecule has 0 aromatic heterocycles. The zero-order chi connectivity index (χ0) is 37.6. The van der Waals surface area contributed by atoms with Crippen LogP contribution in [0.5, 0.6) is 5.75 Å². The van der Waals surface area contributed by atoms with Gasteiger partial charge >= 0.3 is 7.12 Å². The third-order valence-corrected chi connectivity index (χ3v) is 7.61. The second-order valence-corrected chi connectivity index (χ2v) is 10.4. The van der Waals surface area contributed by atoms with E-state index in [9.17, 15) is 43.9 Å². The zero-order valence-electron chi connectivity index (χ0n) is 23.8. The van der Waals surface area contributed by atoms with E-state index in [4.69, 9.17) is 4.65 Å². The first-order valence-electron chi connectivity index (χ1n) is 13.4. The lowest BCUT2D eigenvalue weighted by atomic mass is 9.72. The van der Waals surface area contributed by atoms with E-state index in [1.165, 1.54) is 12.1 Å². The molecule has 1 aliphatic carbocycles. The molecule has 20 heteroatoms. The van der Waals surface area contributed by atoms with Crippen molar-refractivity contribution in [2.45, 2.75) is 5.85 Å². The van der Waals surface area contributed by atoms with Gasteiger partial charge in [0.15, 0.2) is 81.5 Å². The SMILES string of the molecule is FC1=C(F)C(F)(OB(Oc2c(F)ccc3ccccc23)c2c(F)c(F)c(F)c(F)c2-c2c(F)c(F)c(F)c(F)c2F)c2c(F)c(F)c(F)c(F)c21. The average Bonchev–Trinajstić information content (AvgIpc) is 3.30. The highest BCUT2D eigenvalue weighted by molar-refractivity contribution is 6.64.